The van der Waals surface area contributed by atoms with Crippen LogP contribution in [0.2, 0.25) is 0 Å². The number of fused-ring (bicyclic) bond motifs is 1. The van der Waals surface area contributed by atoms with Crippen molar-refractivity contribution in [3.8, 4) is 6.07 Å². The largest absolute Gasteiger partial charge is 0.383 e. The minimum atomic E-state index is 0.152. The molecular formula is C13H17N3O. The van der Waals surface area contributed by atoms with Gasteiger partial charge in [-0.3, -0.25) is 0 Å². The molecule has 0 fully saturated rings. The van der Waals surface area contributed by atoms with Gasteiger partial charge in [-0.2, -0.15) is 5.26 Å². The van der Waals surface area contributed by atoms with Crippen LogP contribution in [0.25, 0.3) is 0 Å². The molecular weight excluding hydrogens is 214 g/mol. The van der Waals surface area contributed by atoms with Gasteiger partial charge in [-0.1, -0.05) is 0 Å². The highest BCUT2D eigenvalue weighted by molar-refractivity contribution is 5.55. The molecule has 0 bridgehead atoms. The molecule has 1 atom stereocenters. The highest BCUT2D eigenvalue weighted by atomic mass is 16.5. The van der Waals surface area contributed by atoms with Crippen LogP contribution in [-0.4, -0.2) is 24.7 Å². The maximum Gasteiger partial charge on any atom is 0.144 e. The van der Waals surface area contributed by atoms with Gasteiger partial charge in [-0.15, -0.1) is 0 Å². The van der Waals surface area contributed by atoms with E-state index >= 15 is 0 Å². The van der Waals surface area contributed by atoms with Crippen molar-refractivity contribution in [1.82, 2.24) is 4.98 Å². The van der Waals surface area contributed by atoms with Crippen LogP contribution in [0.3, 0.4) is 0 Å². The Morgan fingerprint density at radius 1 is 1.59 bits per heavy atom. The summed E-state index contributed by atoms with van der Waals surface area (Å²) in [6.07, 6.45) is 3.21. The van der Waals surface area contributed by atoms with Gasteiger partial charge in [0.1, 0.15) is 11.9 Å². The second-order valence-electron chi connectivity index (χ2n) is 4.46. The fourth-order valence-corrected chi connectivity index (χ4v) is 2.19. The second-order valence-corrected chi connectivity index (χ2v) is 4.46. The Morgan fingerprint density at radius 2 is 2.41 bits per heavy atom. The van der Waals surface area contributed by atoms with E-state index in [1.165, 1.54) is 5.56 Å². The molecule has 17 heavy (non-hydrogen) atoms. The number of rotatable bonds is 4. The van der Waals surface area contributed by atoms with E-state index in [9.17, 15) is 0 Å². The van der Waals surface area contributed by atoms with E-state index in [4.69, 9.17) is 10.00 Å². The molecule has 0 amide bonds. The van der Waals surface area contributed by atoms with E-state index in [0.717, 1.165) is 25.0 Å². The van der Waals surface area contributed by atoms with Gasteiger partial charge >= 0.3 is 0 Å². The lowest BCUT2D eigenvalue weighted by molar-refractivity contribution is 0.190. The minimum Gasteiger partial charge on any atom is -0.383 e. The molecule has 1 aromatic heterocycles. The summed E-state index contributed by atoms with van der Waals surface area (Å²) < 4.78 is 5.07. The third-order valence-corrected chi connectivity index (χ3v) is 2.97. The predicted molar refractivity (Wildman–Crippen MR) is 65.9 cm³/mol. The van der Waals surface area contributed by atoms with Crippen LogP contribution in [0.4, 0.5) is 5.82 Å². The number of hydrogen-bond acceptors (Lipinski definition) is 4. The molecule has 0 spiro atoms. The summed E-state index contributed by atoms with van der Waals surface area (Å²) in [4.78, 5) is 4.56. The Labute approximate surface area is 102 Å². The fourth-order valence-electron chi connectivity index (χ4n) is 2.19. The molecule has 0 aromatic carbocycles. The topological polar surface area (TPSA) is 57.9 Å². The van der Waals surface area contributed by atoms with Crippen molar-refractivity contribution < 1.29 is 4.74 Å². The molecule has 0 radical (unpaired) electrons. The number of ether oxygens (including phenoxy) is 1. The lowest BCUT2D eigenvalue weighted by Crippen LogP contribution is -2.22. The van der Waals surface area contributed by atoms with Crippen LogP contribution < -0.4 is 5.32 Å². The van der Waals surface area contributed by atoms with Gasteiger partial charge in [-0.25, -0.2) is 4.98 Å². The maximum atomic E-state index is 9.13. The van der Waals surface area contributed by atoms with Gasteiger partial charge in [0.2, 0.25) is 0 Å². The van der Waals surface area contributed by atoms with Crippen molar-refractivity contribution >= 4 is 5.82 Å². The average molecular weight is 231 g/mol. The zero-order valence-corrected chi connectivity index (χ0v) is 10.3. The molecule has 1 unspecified atom stereocenters. The first-order valence-corrected chi connectivity index (χ1v) is 5.93. The molecule has 0 saturated carbocycles. The SMILES string of the molecule is COCC(C)Nc1nc2c(cc1C#N)CCC2. The molecule has 1 aliphatic carbocycles. The van der Waals surface area contributed by atoms with Gasteiger partial charge in [0, 0.05) is 18.8 Å². The van der Waals surface area contributed by atoms with E-state index in [1.807, 2.05) is 13.0 Å². The molecule has 0 saturated heterocycles. The summed E-state index contributed by atoms with van der Waals surface area (Å²) in [6.45, 7) is 2.61. The first-order valence-electron chi connectivity index (χ1n) is 5.93. The Bertz CT molecular complexity index is 451. The fraction of sp³-hybridized carbons (Fsp3) is 0.538. The van der Waals surface area contributed by atoms with Crippen molar-refractivity contribution in [2.45, 2.75) is 32.2 Å². The summed E-state index contributed by atoms with van der Waals surface area (Å²) >= 11 is 0. The quantitative estimate of drug-likeness (QED) is 0.859. The third-order valence-electron chi connectivity index (χ3n) is 2.97. The van der Waals surface area contributed by atoms with Crippen LogP contribution in [0.15, 0.2) is 6.07 Å². The normalized spacial score (nSPS) is 15.1. The first kappa shape index (κ1) is 11.9. The molecule has 1 aliphatic rings. The lowest BCUT2D eigenvalue weighted by Gasteiger charge is -2.15. The molecule has 1 heterocycles. The minimum absolute atomic E-state index is 0.152. The number of methoxy groups -OCH3 is 1. The number of anilines is 1. The highest BCUT2D eigenvalue weighted by Crippen LogP contribution is 2.25. The van der Waals surface area contributed by atoms with E-state index in [-0.39, 0.29) is 6.04 Å². The molecule has 2 rings (SSSR count). The van der Waals surface area contributed by atoms with Crippen molar-refractivity contribution in [3.05, 3.63) is 22.9 Å². The number of nitrogens with one attached hydrogen (secondary N) is 1. The third kappa shape index (κ3) is 2.56. The number of aromatic nitrogens is 1. The molecule has 1 N–H and O–H groups in total. The van der Waals surface area contributed by atoms with Crippen molar-refractivity contribution in [1.29, 1.82) is 5.26 Å². The van der Waals surface area contributed by atoms with Gasteiger partial charge in [0.25, 0.3) is 0 Å². The Balaban J connectivity index is 2.24. The smallest absolute Gasteiger partial charge is 0.144 e. The predicted octanol–water partition coefficient (Wildman–Crippen LogP) is 1.89. The van der Waals surface area contributed by atoms with Crippen LogP contribution in [0, 0.1) is 11.3 Å². The number of pyridine rings is 1. The van der Waals surface area contributed by atoms with Crippen LogP contribution in [0.1, 0.15) is 30.2 Å². The summed E-state index contributed by atoms with van der Waals surface area (Å²) in [6, 6.07) is 4.33. The Kier molecular flexibility index (Phi) is 3.60. The van der Waals surface area contributed by atoms with Gasteiger partial charge in [0.05, 0.1) is 12.2 Å². The van der Waals surface area contributed by atoms with Crippen LogP contribution in [0.5, 0.6) is 0 Å². The molecule has 90 valence electrons. The zero-order valence-electron chi connectivity index (χ0n) is 10.3. The highest BCUT2D eigenvalue weighted by Gasteiger charge is 2.17. The number of aryl methyl sites for hydroxylation is 2. The van der Waals surface area contributed by atoms with Gasteiger partial charge in [-0.05, 0) is 37.8 Å². The van der Waals surface area contributed by atoms with Gasteiger partial charge < -0.3 is 10.1 Å². The Hall–Kier alpha value is -1.60. The summed E-state index contributed by atoms with van der Waals surface area (Å²) in [5, 5.41) is 12.4. The van der Waals surface area contributed by atoms with E-state index in [2.05, 4.69) is 16.4 Å². The van der Waals surface area contributed by atoms with Crippen molar-refractivity contribution in [3.63, 3.8) is 0 Å². The van der Waals surface area contributed by atoms with E-state index in [1.54, 1.807) is 7.11 Å². The van der Waals surface area contributed by atoms with Gasteiger partial charge in [0.15, 0.2) is 0 Å². The Morgan fingerprint density at radius 3 is 3.12 bits per heavy atom. The molecule has 4 nitrogen and oxygen atoms in total. The van der Waals surface area contributed by atoms with Crippen LogP contribution >= 0.6 is 0 Å². The zero-order chi connectivity index (χ0) is 12.3. The number of hydrogen-bond donors (Lipinski definition) is 1. The second kappa shape index (κ2) is 5.15. The lowest BCUT2D eigenvalue weighted by atomic mass is 10.1. The molecule has 1 aromatic rings. The standard InChI is InChI=1S/C13H17N3O/c1-9(8-17-2)15-13-11(7-14)6-10-4-3-5-12(10)16-13/h6,9H,3-5,8H2,1-2H3,(H,15,16). The average Bonchev–Trinajstić information content (AvgIpc) is 2.75. The first-order chi connectivity index (χ1) is 8.24. The van der Waals surface area contributed by atoms with E-state index in [0.29, 0.717) is 18.0 Å². The number of nitrogens with zero attached hydrogens (tertiary/aromatic N) is 2. The molecule has 4 heteroatoms. The number of nitriles is 1. The monoisotopic (exact) mass is 231 g/mol. The van der Waals surface area contributed by atoms with Crippen molar-refractivity contribution in [2.75, 3.05) is 19.0 Å². The van der Waals surface area contributed by atoms with E-state index < -0.39 is 0 Å². The summed E-state index contributed by atoms with van der Waals surface area (Å²) in [5.74, 6) is 0.692. The summed E-state index contributed by atoms with van der Waals surface area (Å²) in [7, 11) is 1.67. The summed E-state index contributed by atoms with van der Waals surface area (Å²) in [5.41, 5.74) is 3.00. The maximum absolute atomic E-state index is 9.13. The van der Waals surface area contributed by atoms with Crippen LogP contribution in [-0.2, 0) is 17.6 Å². The molecule has 0 aliphatic heterocycles. The van der Waals surface area contributed by atoms with Crippen molar-refractivity contribution in [2.24, 2.45) is 0 Å².